The van der Waals surface area contributed by atoms with Crippen molar-refractivity contribution >= 4 is 24.2 Å². The molecule has 0 aliphatic carbocycles. The molecule has 0 unspecified atom stereocenters. The third kappa shape index (κ3) is 5.51. The normalized spacial score (nSPS) is 16.9. The third-order valence-corrected chi connectivity index (χ3v) is 6.99. The Hall–Kier alpha value is -3.34. The van der Waals surface area contributed by atoms with E-state index in [1.165, 1.54) is 19.2 Å². The molecule has 5 rings (SSSR count). The van der Waals surface area contributed by atoms with Crippen LogP contribution in [0.1, 0.15) is 17.5 Å². The number of benzene rings is 1. The maximum absolute atomic E-state index is 14.8. The van der Waals surface area contributed by atoms with E-state index in [4.69, 9.17) is 0 Å². The summed E-state index contributed by atoms with van der Waals surface area (Å²) in [5, 5.41) is 6.10. The molecule has 2 aromatic heterocycles. The molecular weight excluding hydrogens is 474 g/mol. The van der Waals surface area contributed by atoms with Gasteiger partial charge in [0.1, 0.15) is 23.0 Å². The molecule has 0 saturated carbocycles. The monoisotopic (exact) mass is 506 g/mol. The van der Waals surface area contributed by atoms with Gasteiger partial charge in [0, 0.05) is 49.9 Å². The highest BCUT2D eigenvalue weighted by Gasteiger charge is 2.49. The highest BCUT2D eigenvalue weighted by Crippen LogP contribution is 2.39. The van der Waals surface area contributed by atoms with Crippen molar-refractivity contribution in [3.05, 3.63) is 59.4 Å². The van der Waals surface area contributed by atoms with Gasteiger partial charge in [0.2, 0.25) is 5.95 Å². The first-order valence-corrected chi connectivity index (χ1v) is 12.5. The van der Waals surface area contributed by atoms with Gasteiger partial charge in [-0.25, -0.2) is 23.7 Å². The number of hydrogen-bond donors (Lipinski definition) is 2. The summed E-state index contributed by atoms with van der Waals surface area (Å²) in [6.07, 6.45) is 4.26. The van der Waals surface area contributed by atoms with Crippen molar-refractivity contribution in [3.8, 4) is 11.3 Å². The van der Waals surface area contributed by atoms with Crippen LogP contribution in [-0.2, 0) is 13.0 Å². The number of halogens is 2. The molecule has 37 heavy (non-hydrogen) atoms. The van der Waals surface area contributed by atoms with Crippen molar-refractivity contribution in [3.63, 3.8) is 0 Å². The number of aryl methyl sites for hydroxylation is 1. The van der Waals surface area contributed by atoms with Gasteiger partial charge in [-0.2, -0.15) is 0 Å². The van der Waals surface area contributed by atoms with Crippen LogP contribution >= 0.6 is 0 Å². The zero-order valence-corrected chi connectivity index (χ0v) is 21.3. The predicted molar refractivity (Wildman–Crippen MR) is 142 cm³/mol. The van der Waals surface area contributed by atoms with Crippen molar-refractivity contribution in [2.45, 2.75) is 19.4 Å². The van der Waals surface area contributed by atoms with Crippen molar-refractivity contribution in [1.29, 1.82) is 0 Å². The molecule has 0 amide bonds. The van der Waals surface area contributed by atoms with E-state index in [0.717, 1.165) is 44.4 Å². The van der Waals surface area contributed by atoms with Crippen LogP contribution in [0, 0.1) is 17.0 Å². The molecule has 2 N–H and O–H groups in total. The molecule has 0 radical (unpaired) electrons. The summed E-state index contributed by atoms with van der Waals surface area (Å²) in [5.74, 6) is -0.474. The van der Waals surface area contributed by atoms with E-state index in [-0.39, 0.29) is 17.3 Å². The number of likely N-dealkylation sites (tertiary alicyclic amines) is 2. The maximum Gasteiger partial charge on any atom is 0.229 e. The van der Waals surface area contributed by atoms with Gasteiger partial charge in [0.05, 0.1) is 6.20 Å². The standard InChI is InChI=1S/C27H32F2N8/c1-30-8-4-5-19-9-20(10-21(28)24(19)31-2)25-22(29)12-33-26(35-25)34-23-7-6-18(11-32-23)13-37-16-27(17-37)14-36(3)15-27/h6-7,9-12,30H,2,4-5,8,13-17H2,1,3H3,(H,32,33,34,35). The Bertz CT molecular complexity index is 1270. The average Bonchev–Trinajstić information content (AvgIpc) is 2.84. The number of rotatable bonds is 10. The average molecular weight is 507 g/mol. The topological polar surface area (TPSA) is 81.6 Å². The highest BCUT2D eigenvalue weighted by atomic mass is 19.1. The lowest BCUT2D eigenvalue weighted by Gasteiger charge is -2.59. The molecule has 0 bridgehead atoms. The summed E-state index contributed by atoms with van der Waals surface area (Å²) in [6, 6.07) is 6.83. The Balaban J connectivity index is 1.28. The molecule has 2 aliphatic rings. The first kappa shape index (κ1) is 25.3. The largest absolute Gasteiger partial charge is 0.320 e. The van der Waals surface area contributed by atoms with Gasteiger partial charge >= 0.3 is 0 Å². The van der Waals surface area contributed by atoms with Crippen LogP contribution in [0.4, 0.5) is 26.2 Å². The zero-order valence-electron chi connectivity index (χ0n) is 21.3. The lowest BCUT2D eigenvalue weighted by Crippen LogP contribution is -2.70. The molecule has 8 nitrogen and oxygen atoms in total. The van der Waals surface area contributed by atoms with E-state index in [9.17, 15) is 8.78 Å². The smallest absolute Gasteiger partial charge is 0.229 e. The fourth-order valence-corrected chi connectivity index (χ4v) is 5.52. The zero-order chi connectivity index (χ0) is 26.0. The molecule has 1 spiro atoms. The fraction of sp³-hybridized carbons (Fsp3) is 0.407. The summed E-state index contributed by atoms with van der Waals surface area (Å²) in [7, 11) is 4.02. The summed E-state index contributed by atoms with van der Waals surface area (Å²) >= 11 is 0. The molecule has 2 aliphatic heterocycles. The van der Waals surface area contributed by atoms with Crippen LogP contribution in [0.25, 0.3) is 11.3 Å². The maximum atomic E-state index is 14.8. The van der Waals surface area contributed by atoms with E-state index < -0.39 is 11.6 Å². The number of pyridine rings is 1. The lowest BCUT2D eigenvalue weighted by molar-refractivity contribution is -0.108. The third-order valence-electron chi connectivity index (χ3n) is 6.99. The Morgan fingerprint density at radius 2 is 1.89 bits per heavy atom. The molecular formula is C27H32F2N8. The van der Waals surface area contributed by atoms with E-state index in [1.54, 1.807) is 6.07 Å². The highest BCUT2D eigenvalue weighted by molar-refractivity contribution is 5.68. The van der Waals surface area contributed by atoms with Crippen molar-refractivity contribution in [2.24, 2.45) is 10.4 Å². The molecule has 2 saturated heterocycles. The van der Waals surface area contributed by atoms with Crippen LogP contribution < -0.4 is 10.6 Å². The Kier molecular flexibility index (Phi) is 7.23. The molecule has 3 aromatic rings. The quantitative estimate of drug-likeness (QED) is 0.320. The SMILES string of the molecule is C=Nc1c(F)cc(-c2nc(Nc3ccc(CN4CC5(CN(C)C5)C4)cn3)ncc2F)cc1CCCNC. The van der Waals surface area contributed by atoms with Gasteiger partial charge in [-0.05, 0) is 69.5 Å². The second-order valence-electron chi connectivity index (χ2n) is 10.2. The van der Waals surface area contributed by atoms with E-state index in [2.05, 4.69) is 54.1 Å². The Morgan fingerprint density at radius 1 is 1.08 bits per heavy atom. The number of aliphatic imine (C=N–C) groups is 1. The van der Waals surface area contributed by atoms with Gasteiger partial charge in [-0.15, -0.1) is 0 Å². The minimum absolute atomic E-state index is 0.00634. The number of anilines is 2. The first-order chi connectivity index (χ1) is 17.9. The van der Waals surface area contributed by atoms with Crippen molar-refractivity contribution in [2.75, 3.05) is 52.1 Å². The molecule has 4 heterocycles. The predicted octanol–water partition coefficient (Wildman–Crippen LogP) is 3.79. The lowest BCUT2D eigenvalue weighted by atomic mass is 9.73. The van der Waals surface area contributed by atoms with Crippen molar-refractivity contribution in [1.82, 2.24) is 30.1 Å². The number of nitrogens with zero attached hydrogens (tertiary/aromatic N) is 6. The second kappa shape index (κ2) is 10.6. The van der Waals surface area contributed by atoms with Gasteiger partial charge in [-0.3, -0.25) is 9.89 Å². The molecule has 2 fully saturated rings. The van der Waals surface area contributed by atoms with E-state index in [1.807, 2.05) is 25.4 Å². The van der Waals surface area contributed by atoms with Crippen LogP contribution in [0.2, 0.25) is 0 Å². The molecule has 0 atom stereocenters. The van der Waals surface area contributed by atoms with Gasteiger partial charge < -0.3 is 15.5 Å². The Labute approximate surface area is 215 Å². The van der Waals surface area contributed by atoms with Gasteiger partial charge in [0.25, 0.3) is 0 Å². The van der Waals surface area contributed by atoms with E-state index in [0.29, 0.717) is 28.8 Å². The summed E-state index contributed by atoms with van der Waals surface area (Å²) in [4.78, 5) is 21.5. The van der Waals surface area contributed by atoms with Gasteiger partial charge in [-0.1, -0.05) is 6.07 Å². The van der Waals surface area contributed by atoms with Crippen LogP contribution in [0.5, 0.6) is 0 Å². The van der Waals surface area contributed by atoms with Gasteiger partial charge in [0.15, 0.2) is 5.82 Å². The second-order valence-corrected chi connectivity index (χ2v) is 10.2. The first-order valence-electron chi connectivity index (χ1n) is 12.5. The minimum atomic E-state index is -0.640. The van der Waals surface area contributed by atoms with Crippen molar-refractivity contribution < 1.29 is 8.78 Å². The summed E-state index contributed by atoms with van der Waals surface area (Å²) < 4.78 is 29.5. The number of hydrogen-bond acceptors (Lipinski definition) is 8. The van der Waals surface area contributed by atoms with Crippen LogP contribution in [0.15, 0.2) is 41.7 Å². The molecule has 1 aromatic carbocycles. The van der Waals surface area contributed by atoms with Crippen LogP contribution in [-0.4, -0.2) is 78.3 Å². The molecule has 10 heteroatoms. The molecule has 194 valence electrons. The Morgan fingerprint density at radius 3 is 2.57 bits per heavy atom. The van der Waals surface area contributed by atoms with Crippen LogP contribution in [0.3, 0.4) is 0 Å². The summed E-state index contributed by atoms with van der Waals surface area (Å²) in [5.41, 5.74) is 2.80. The number of nitrogens with one attached hydrogen (secondary N) is 2. The van der Waals surface area contributed by atoms with E-state index >= 15 is 0 Å². The fourth-order valence-electron chi connectivity index (χ4n) is 5.52. The minimum Gasteiger partial charge on any atom is -0.320 e. The summed E-state index contributed by atoms with van der Waals surface area (Å²) in [6.45, 7) is 9.74. The number of aromatic nitrogens is 3.